The number of sulfonamides is 1. The van der Waals surface area contributed by atoms with Crippen LogP contribution in [0.25, 0.3) is 0 Å². The molecule has 0 saturated heterocycles. The number of nitrogens with two attached hydrogens (primary N) is 1. The Hall–Kier alpha value is -1.79. The zero-order chi connectivity index (χ0) is 14.9. The van der Waals surface area contributed by atoms with Crippen LogP contribution in [0.2, 0.25) is 5.02 Å². The van der Waals surface area contributed by atoms with Gasteiger partial charge in [-0.25, -0.2) is 12.8 Å². The molecule has 7 heteroatoms. The topological polar surface area (TPSA) is 72.2 Å². The lowest BCUT2D eigenvalue weighted by atomic mass is 10.2. The summed E-state index contributed by atoms with van der Waals surface area (Å²) < 4.78 is 40.3. The summed E-state index contributed by atoms with van der Waals surface area (Å²) >= 11 is 5.91. The molecule has 106 valence electrons. The first-order chi connectivity index (χ1) is 9.29. The number of benzene rings is 2. The van der Waals surface area contributed by atoms with Gasteiger partial charge in [0.25, 0.3) is 10.0 Å². The van der Waals surface area contributed by atoms with Crippen molar-refractivity contribution in [3.05, 3.63) is 52.8 Å². The van der Waals surface area contributed by atoms with Crippen LogP contribution in [0, 0.1) is 12.7 Å². The lowest BCUT2D eigenvalue weighted by molar-refractivity contribution is 0.571. The van der Waals surface area contributed by atoms with E-state index in [1.165, 1.54) is 6.07 Å². The SMILES string of the molecule is Cc1ccc(Cl)c(NS(=O)(=O)c2ccc(N)cc2F)c1. The molecular formula is C13H12ClFN2O2S. The summed E-state index contributed by atoms with van der Waals surface area (Å²) in [4.78, 5) is -0.482. The molecule has 0 fully saturated rings. The summed E-state index contributed by atoms with van der Waals surface area (Å²) in [5.41, 5.74) is 6.56. The zero-order valence-corrected chi connectivity index (χ0v) is 12.1. The minimum Gasteiger partial charge on any atom is -0.399 e. The Morgan fingerprint density at radius 2 is 1.90 bits per heavy atom. The molecule has 0 atom stereocenters. The van der Waals surface area contributed by atoms with Crippen LogP contribution in [-0.2, 0) is 10.0 Å². The van der Waals surface area contributed by atoms with E-state index in [4.69, 9.17) is 17.3 Å². The van der Waals surface area contributed by atoms with Crippen LogP contribution in [0.4, 0.5) is 15.8 Å². The predicted octanol–water partition coefficient (Wildman–Crippen LogP) is 3.17. The number of aryl methyl sites for hydroxylation is 1. The van der Waals surface area contributed by atoms with Gasteiger partial charge in [0.1, 0.15) is 10.7 Å². The summed E-state index contributed by atoms with van der Waals surface area (Å²) in [6, 6.07) is 8.24. The van der Waals surface area contributed by atoms with E-state index in [0.717, 1.165) is 17.7 Å². The highest BCUT2D eigenvalue weighted by atomic mass is 35.5. The molecule has 0 aromatic heterocycles. The minimum absolute atomic E-state index is 0.148. The molecule has 0 heterocycles. The van der Waals surface area contributed by atoms with Crippen LogP contribution >= 0.6 is 11.6 Å². The molecule has 0 radical (unpaired) electrons. The Morgan fingerprint density at radius 1 is 1.20 bits per heavy atom. The van der Waals surface area contributed by atoms with Crippen molar-refractivity contribution >= 4 is 33.0 Å². The van der Waals surface area contributed by atoms with E-state index in [1.54, 1.807) is 25.1 Å². The van der Waals surface area contributed by atoms with Crippen LogP contribution < -0.4 is 10.5 Å². The van der Waals surface area contributed by atoms with E-state index in [0.29, 0.717) is 0 Å². The fourth-order valence-corrected chi connectivity index (χ4v) is 3.00. The Balaban J connectivity index is 2.43. The molecule has 0 unspecified atom stereocenters. The van der Waals surface area contributed by atoms with Crippen LogP contribution in [0.3, 0.4) is 0 Å². The summed E-state index contributed by atoms with van der Waals surface area (Å²) in [7, 11) is -4.07. The van der Waals surface area contributed by atoms with E-state index in [9.17, 15) is 12.8 Å². The summed E-state index contributed by atoms with van der Waals surface area (Å²) in [6.45, 7) is 1.79. The monoisotopic (exact) mass is 314 g/mol. The fourth-order valence-electron chi connectivity index (χ4n) is 1.65. The lowest BCUT2D eigenvalue weighted by Gasteiger charge is -2.11. The quantitative estimate of drug-likeness (QED) is 0.855. The van der Waals surface area contributed by atoms with Crippen molar-refractivity contribution in [2.75, 3.05) is 10.5 Å². The van der Waals surface area contributed by atoms with Gasteiger partial charge in [0, 0.05) is 5.69 Å². The second kappa shape index (κ2) is 5.30. The van der Waals surface area contributed by atoms with E-state index in [1.807, 2.05) is 0 Å². The van der Waals surface area contributed by atoms with E-state index < -0.39 is 20.7 Å². The Bertz CT molecular complexity index is 763. The van der Waals surface area contributed by atoms with Crippen molar-refractivity contribution in [2.24, 2.45) is 0 Å². The molecule has 2 aromatic carbocycles. The average Bonchev–Trinajstić information content (AvgIpc) is 2.33. The molecule has 0 bridgehead atoms. The molecule has 0 amide bonds. The van der Waals surface area contributed by atoms with Gasteiger partial charge in [-0.2, -0.15) is 0 Å². The lowest BCUT2D eigenvalue weighted by Crippen LogP contribution is -2.15. The van der Waals surface area contributed by atoms with Crippen molar-refractivity contribution in [3.8, 4) is 0 Å². The minimum atomic E-state index is -4.07. The predicted molar refractivity (Wildman–Crippen MR) is 77.8 cm³/mol. The Labute approximate surface area is 121 Å². The van der Waals surface area contributed by atoms with E-state index in [-0.39, 0.29) is 16.4 Å². The standard InChI is InChI=1S/C13H12ClFN2O2S/c1-8-2-4-10(14)12(6-8)17-20(18,19)13-5-3-9(16)7-11(13)15/h2-7,17H,16H2,1H3. The highest BCUT2D eigenvalue weighted by molar-refractivity contribution is 7.92. The number of nitrogens with one attached hydrogen (secondary N) is 1. The van der Waals surface area contributed by atoms with Crippen LogP contribution in [0.15, 0.2) is 41.3 Å². The van der Waals surface area contributed by atoms with Crippen LogP contribution in [-0.4, -0.2) is 8.42 Å². The van der Waals surface area contributed by atoms with Crippen molar-refractivity contribution in [2.45, 2.75) is 11.8 Å². The average molecular weight is 315 g/mol. The summed E-state index contributed by atoms with van der Waals surface area (Å²) in [5, 5.41) is 0.232. The third-order valence-corrected chi connectivity index (χ3v) is 4.34. The van der Waals surface area contributed by atoms with Crippen molar-refractivity contribution in [3.63, 3.8) is 0 Å². The second-order valence-electron chi connectivity index (χ2n) is 4.28. The first-order valence-corrected chi connectivity index (χ1v) is 7.50. The number of rotatable bonds is 3. The van der Waals surface area contributed by atoms with Gasteiger partial charge in [-0.3, -0.25) is 4.72 Å². The van der Waals surface area contributed by atoms with Gasteiger partial charge in [-0.15, -0.1) is 0 Å². The normalized spacial score (nSPS) is 11.3. The van der Waals surface area contributed by atoms with Gasteiger partial charge >= 0.3 is 0 Å². The van der Waals surface area contributed by atoms with E-state index in [2.05, 4.69) is 4.72 Å². The zero-order valence-electron chi connectivity index (χ0n) is 10.5. The molecule has 2 rings (SSSR count). The maximum absolute atomic E-state index is 13.7. The van der Waals surface area contributed by atoms with Gasteiger partial charge in [0.05, 0.1) is 10.7 Å². The maximum Gasteiger partial charge on any atom is 0.264 e. The third kappa shape index (κ3) is 3.02. The van der Waals surface area contributed by atoms with Gasteiger partial charge in [0.15, 0.2) is 0 Å². The van der Waals surface area contributed by atoms with Crippen molar-refractivity contribution in [1.82, 2.24) is 0 Å². The molecule has 0 aliphatic rings. The second-order valence-corrected chi connectivity index (χ2v) is 6.34. The Kier molecular flexibility index (Phi) is 3.87. The molecule has 20 heavy (non-hydrogen) atoms. The molecule has 2 aromatic rings. The van der Waals surface area contributed by atoms with Crippen molar-refractivity contribution < 1.29 is 12.8 Å². The number of hydrogen-bond donors (Lipinski definition) is 2. The molecule has 0 saturated carbocycles. The highest BCUT2D eigenvalue weighted by Gasteiger charge is 2.20. The van der Waals surface area contributed by atoms with Crippen LogP contribution in [0.5, 0.6) is 0 Å². The fraction of sp³-hybridized carbons (Fsp3) is 0.0769. The number of halogens is 2. The Morgan fingerprint density at radius 3 is 2.55 bits per heavy atom. The summed E-state index contributed by atoms with van der Waals surface area (Å²) in [6.07, 6.45) is 0. The first kappa shape index (κ1) is 14.6. The molecule has 0 aliphatic heterocycles. The van der Waals surface area contributed by atoms with Gasteiger partial charge in [0.2, 0.25) is 0 Å². The number of hydrogen-bond acceptors (Lipinski definition) is 3. The molecule has 0 aliphatic carbocycles. The smallest absolute Gasteiger partial charge is 0.264 e. The van der Waals surface area contributed by atoms with Gasteiger partial charge in [-0.05, 0) is 42.8 Å². The van der Waals surface area contributed by atoms with Crippen molar-refractivity contribution in [1.29, 1.82) is 0 Å². The summed E-state index contributed by atoms with van der Waals surface area (Å²) in [5.74, 6) is -0.915. The molecule has 0 spiro atoms. The van der Waals surface area contributed by atoms with Gasteiger partial charge < -0.3 is 5.73 Å². The van der Waals surface area contributed by atoms with E-state index >= 15 is 0 Å². The molecule has 3 N–H and O–H groups in total. The van der Waals surface area contributed by atoms with Gasteiger partial charge in [-0.1, -0.05) is 17.7 Å². The third-order valence-electron chi connectivity index (χ3n) is 2.61. The number of nitrogen functional groups attached to an aromatic ring is 1. The van der Waals surface area contributed by atoms with Crippen LogP contribution in [0.1, 0.15) is 5.56 Å². The molecular weight excluding hydrogens is 303 g/mol. The number of anilines is 2. The molecule has 4 nitrogen and oxygen atoms in total. The maximum atomic E-state index is 13.7. The first-order valence-electron chi connectivity index (χ1n) is 5.63. The highest BCUT2D eigenvalue weighted by Crippen LogP contribution is 2.26. The largest absolute Gasteiger partial charge is 0.399 e.